The van der Waals surface area contributed by atoms with Gasteiger partial charge < -0.3 is 5.11 Å². The van der Waals surface area contributed by atoms with Crippen molar-refractivity contribution in [2.45, 2.75) is 6.42 Å². The highest BCUT2D eigenvalue weighted by atomic mass is 16.3. The maximum absolute atomic E-state index is 12.0. The number of hydrogen-bond donors (Lipinski definition) is 2. The maximum atomic E-state index is 12.0. The molecule has 0 aliphatic carbocycles. The molecule has 0 spiro atoms. The fourth-order valence-corrected chi connectivity index (χ4v) is 2.34. The zero-order valence-corrected chi connectivity index (χ0v) is 10.0. The Kier molecular flexibility index (Phi) is 2.56. The highest BCUT2D eigenvalue weighted by molar-refractivity contribution is 6.13. The number of hydrogen-bond acceptors (Lipinski definition) is 3. The van der Waals surface area contributed by atoms with Gasteiger partial charge in [-0.05, 0) is 28.8 Å². The number of carbonyl (C=O) groups is 2. The third-order valence-corrected chi connectivity index (χ3v) is 3.14. The van der Waals surface area contributed by atoms with Gasteiger partial charge in [0.05, 0.1) is 12.0 Å². The predicted molar refractivity (Wildman–Crippen MR) is 69.7 cm³/mol. The van der Waals surface area contributed by atoms with Crippen molar-refractivity contribution in [1.82, 2.24) is 5.32 Å². The van der Waals surface area contributed by atoms with Crippen LogP contribution in [0.4, 0.5) is 0 Å². The van der Waals surface area contributed by atoms with E-state index in [2.05, 4.69) is 5.32 Å². The molecule has 2 N–H and O–H groups in total. The summed E-state index contributed by atoms with van der Waals surface area (Å²) < 4.78 is 0. The Balaban J connectivity index is 2.21. The molecule has 0 saturated carbocycles. The highest BCUT2D eigenvalue weighted by Crippen LogP contribution is 2.30. The van der Waals surface area contributed by atoms with Crippen LogP contribution in [0, 0.1) is 0 Å². The fourth-order valence-electron chi connectivity index (χ4n) is 2.34. The monoisotopic (exact) mass is 253 g/mol. The Labute approximate surface area is 109 Å². The van der Waals surface area contributed by atoms with Crippen LogP contribution in [0.5, 0.6) is 5.75 Å². The molecule has 0 saturated heterocycles. The van der Waals surface area contributed by atoms with Gasteiger partial charge in [-0.1, -0.05) is 30.3 Å². The summed E-state index contributed by atoms with van der Waals surface area (Å²) in [6, 6.07) is 12.1. The van der Waals surface area contributed by atoms with Crippen LogP contribution in [0.15, 0.2) is 42.5 Å². The number of imide groups is 1. The van der Waals surface area contributed by atoms with Gasteiger partial charge in [0.25, 0.3) is 5.91 Å². The molecule has 4 heteroatoms. The summed E-state index contributed by atoms with van der Waals surface area (Å²) in [5.41, 5.74) is 2.70. The molecule has 0 radical (unpaired) electrons. The summed E-state index contributed by atoms with van der Waals surface area (Å²) in [5.74, 6) is -0.529. The van der Waals surface area contributed by atoms with Gasteiger partial charge in [0, 0.05) is 0 Å². The Bertz CT molecular complexity index is 692. The van der Waals surface area contributed by atoms with Gasteiger partial charge >= 0.3 is 0 Å². The zero-order valence-electron chi connectivity index (χ0n) is 10.0. The van der Waals surface area contributed by atoms with Crippen molar-refractivity contribution in [3.8, 4) is 16.9 Å². The van der Waals surface area contributed by atoms with Crippen molar-refractivity contribution in [2.24, 2.45) is 0 Å². The normalized spacial score (nSPS) is 13.9. The second-order valence-electron chi connectivity index (χ2n) is 4.44. The number of rotatable bonds is 1. The Morgan fingerprint density at radius 2 is 1.84 bits per heavy atom. The molecule has 0 unspecified atom stereocenters. The van der Waals surface area contributed by atoms with Gasteiger partial charge in [-0.2, -0.15) is 0 Å². The number of carbonyl (C=O) groups excluding carboxylic acids is 2. The fraction of sp³-hybridized carbons (Fsp3) is 0.0667. The summed E-state index contributed by atoms with van der Waals surface area (Å²) >= 11 is 0. The molecule has 1 heterocycles. The van der Waals surface area contributed by atoms with E-state index in [0.717, 1.165) is 16.7 Å². The van der Waals surface area contributed by atoms with Crippen LogP contribution in [-0.2, 0) is 11.2 Å². The van der Waals surface area contributed by atoms with Crippen LogP contribution in [0.2, 0.25) is 0 Å². The summed E-state index contributed by atoms with van der Waals surface area (Å²) in [7, 11) is 0. The molecule has 4 nitrogen and oxygen atoms in total. The van der Waals surface area contributed by atoms with Crippen LogP contribution in [-0.4, -0.2) is 16.9 Å². The molecule has 0 bridgehead atoms. The maximum Gasteiger partial charge on any atom is 0.258 e. The topological polar surface area (TPSA) is 66.4 Å². The standard InChI is InChI=1S/C15H11NO3/c17-11-5-1-3-9(7-11)12-6-2-4-10-8-13(18)16-15(19)14(10)12/h1-7,17H,8H2,(H,16,18,19). The lowest BCUT2D eigenvalue weighted by molar-refractivity contribution is -0.119. The van der Waals surface area contributed by atoms with Crippen molar-refractivity contribution < 1.29 is 14.7 Å². The summed E-state index contributed by atoms with van der Waals surface area (Å²) in [5, 5.41) is 11.9. The molecule has 1 aliphatic rings. The predicted octanol–water partition coefficient (Wildman–Crippen LogP) is 1.87. The summed E-state index contributed by atoms with van der Waals surface area (Å²) in [6.45, 7) is 0. The van der Waals surface area contributed by atoms with Crippen molar-refractivity contribution in [3.63, 3.8) is 0 Å². The third-order valence-electron chi connectivity index (χ3n) is 3.14. The van der Waals surface area contributed by atoms with E-state index < -0.39 is 0 Å². The van der Waals surface area contributed by atoms with E-state index >= 15 is 0 Å². The minimum atomic E-state index is -0.384. The lowest BCUT2D eigenvalue weighted by Gasteiger charge is -2.18. The molecule has 0 fully saturated rings. The first-order valence-electron chi connectivity index (χ1n) is 5.90. The Morgan fingerprint density at radius 1 is 1.05 bits per heavy atom. The molecule has 0 atom stereocenters. The second-order valence-corrected chi connectivity index (χ2v) is 4.44. The molecule has 2 aromatic carbocycles. The number of nitrogens with one attached hydrogen (secondary N) is 1. The quantitative estimate of drug-likeness (QED) is 0.762. The first kappa shape index (κ1) is 11.5. The molecule has 94 valence electrons. The number of fused-ring (bicyclic) bond motifs is 1. The third kappa shape index (κ3) is 1.97. The van der Waals surface area contributed by atoms with Crippen LogP contribution >= 0.6 is 0 Å². The summed E-state index contributed by atoms with van der Waals surface area (Å²) in [4.78, 5) is 23.3. The van der Waals surface area contributed by atoms with Gasteiger partial charge in [-0.15, -0.1) is 0 Å². The van der Waals surface area contributed by atoms with E-state index in [1.165, 1.54) is 0 Å². The van der Waals surface area contributed by atoms with Crippen LogP contribution in [0.1, 0.15) is 15.9 Å². The van der Waals surface area contributed by atoms with E-state index in [4.69, 9.17) is 0 Å². The Morgan fingerprint density at radius 3 is 2.63 bits per heavy atom. The molecular formula is C15H11NO3. The van der Waals surface area contributed by atoms with Crippen LogP contribution < -0.4 is 5.32 Å². The minimum absolute atomic E-state index is 0.141. The van der Waals surface area contributed by atoms with E-state index in [9.17, 15) is 14.7 Å². The van der Waals surface area contributed by atoms with Gasteiger partial charge in [-0.25, -0.2) is 0 Å². The number of phenols is 1. The van der Waals surface area contributed by atoms with Crippen molar-refractivity contribution in [2.75, 3.05) is 0 Å². The number of amides is 2. The lowest BCUT2D eigenvalue weighted by atomic mass is 9.91. The summed E-state index contributed by atoms with van der Waals surface area (Å²) in [6.07, 6.45) is 0.202. The molecule has 2 amide bonds. The van der Waals surface area contributed by atoms with E-state index in [1.54, 1.807) is 24.3 Å². The van der Waals surface area contributed by atoms with Crippen LogP contribution in [0.3, 0.4) is 0 Å². The highest BCUT2D eigenvalue weighted by Gasteiger charge is 2.25. The van der Waals surface area contributed by atoms with Crippen molar-refractivity contribution >= 4 is 11.8 Å². The Hall–Kier alpha value is -2.62. The van der Waals surface area contributed by atoms with Crippen molar-refractivity contribution in [1.29, 1.82) is 0 Å². The molecular weight excluding hydrogens is 242 g/mol. The van der Waals surface area contributed by atoms with E-state index in [0.29, 0.717) is 5.56 Å². The number of phenolic OH excluding ortho intramolecular Hbond substituents is 1. The van der Waals surface area contributed by atoms with Gasteiger partial charge in [0.1, 0.15) is 5.75 Å². The molecule has 0 aromatic heterocycles. The number of aromatic hydroxyl groups is 1. The molecule has 2 aromatic rings. The smallest absolute Gasteiger partial charge is 0.258 e. The van der Waals surface area contributed by atoms with Crippen LogP contribution in [0.25, 0.3) is 11.1 Å². The lowest BCUT2D eigenvalue weighted by Crippen LogP contribution is -2.37. The minimum Gasteiger partial charge on any atom is -0.508 e. The van der Waals surface area contributed by atoms with E-state index in [-0.39, 0.29) is 24.0 Å². The first-order valence-corrected chi connectivity index (χ1v) is 5.90. The molecule has 1 aliphatic heterocycles. The van der Waals surface area contributed by atoms with Crippen molar-refractivity contribution in [3.05, 3.63) is 53.6 Å². The molecule has 19 heavy (non-hydrogen) atoms. The average molecular weight is 253 g/mol. The second kappa shape index (κ2) is 4.24. The van der Waals surface area contributed by atoms with Gasteiger partial charge in [-0.3, -0.25) is 14.9 Å². The SMILES string of the molecule is O=C1Cc2cccc(-c3cccc(O)c3)c2C(=O)N1. The first-order chi connectivity index (χ1) is 9.15. The van der Waals surface area contributed by atoms with E-state index in [1.807, 2.05) is 18.2 Å². The largest absolute Gasteiger partial charge is 0.508 e. The number of benzene rings is 2. The van der Waals surface area contributed by atoms with Gasteiger partial charge in [0.15, 0.2) is 0 Å². The zero-order chi connectivity index (χ0) is 13.4. The average Bonchev–Trinajstić information content (AvgIpc) is 2.37. The van der Waals surface area contributed by atoms with Gasteiger partial charge in [0.2, 0.25) is 5.91 Å². The molecule has 3 rings (SSSR count).